The third-order valence-corrected chi connectivity index (χ3v) is 4.08. The lowest BCUT2D eigenvalue weighted by molar-refractivity contribution is -0.153. The van der Waals surface area contributed by atoms with E-state index in [9.17, 15) is 9.59 Å². The second kappa shape index (κ2) is 7.01. The zero-order valence-corrected chi connectivity index (χ0v) is 12.3. The number of likely N-dealkylation sites (N-methyl/N-ethyl adjacent to an activating group) is 1. The van der Waals surface area contributed by atoms with Crippen LogP contribution in [-0.4, -0.2) is 104 Å². The van der Waals surface area contributed by atoms with Crippen LogP contribution < -0.4 is 5.73 Å². The van der Waals surface area contributed by atoms with Crippen LogP contribution in [0.3, 0.4) is 0 Å². The molecule has 0 atom stereocenters. The third-order valence-electron chi connectivity index (χ3n) is 4.08. The number of hydrogen-bond donors (Lipinski definition) is 1. The van der Waals surface area contributed by atoms with Crippen molar-refractivity contribution in [2.45, 2.75) is 0 Å². The minimum absolute atomic E-state index is 0.342. The van der Waals surface area contributed by atoms with E-state index in [-0.39, 0.29) is 11.8 Å². The van der Waals surface area contributed by atoms with Gasteiger partial charge in [0.15, 0.2) is 0 Å². The van der Waals surface area contributed by atoms with Crippen LogP contribution in [0.15, 0.2) is 0 Å². The third kappa shape index (κ3) is 3.68. The van der Waals surface area contributed by atoms with Crippen LogP contribution in [0.25, 0.3) is 0 Å². The molecule has 2 aliphatic rings. The molecule has 0 aromatic carbocycles. The van der Waals surface area contributed by atoms with E-state index in [1.807, 2.05) is 7.05 Å². The van der Waals surface area contributed by atoms with Crippen molar-refractivity contribution in [2.24, 2.45) is 5.73 Å². The maximum absolute atomic E-state index is 12.2. The van der Waals surface area contributed by atoms with E-state index >= 15 is 0 Å². The Morgan fingerprint density at radius 3 is 1.75 bits per heavy atom. The highest BCUT2D eigenvalue weighted by molar-refractivity contribution is 6.34. The number of hydrogen-bond acceptors (Lipinski definition) is 5. The Morgan fingerprint density at radius 1 is 0.850 bits per heavy atom. The van der Waals surface area contributed by atoms with Crippen molar-refractivity contribution < 1.29 is 9.59 Å². The summed E-state index contributed by atoms with van der Waals surface area (Å²) in [7, 11) is 2.03. The molecule has 0 aromatic rings. The predicted octanol–water partition coefficient (Wildman–Crippen LogP) is -2.14. The summed E-state index contributed by atoms with van der Waals surface area (Å²) in [5.74, 6) is -0.688. The minimum Gasteiger partial charge on any atom is -0.332 e. The van der Waals surface area contributed by atoms with Gasteiger partial charge in [-0.15, -0.1) is 0 Å². The van der Waals surface area contributed by atoms with Crippen molar-refractivity contribution >= 4 is 11.8 Å². The van der Waals surface area contributed by atoms with Gasteiger partial charge in [0.2, 0.25) is 0 Å². The highest BCUT2D eigenvalue weighted by Crippen LogP contribution is 2.06. The lowest BCUT2D eigenvalue weighted by Gasteiger charge is -2.36. The highest BCUT2D eigenvalue weighted by atomic mass is 16.2. The summed E-state index contributed by atoms with van der Waals surface area (Å²) >= 11 is 0. The molecule has 2 fully saturated rings. The zero-order chi connectivity index (χ0) is 14.5. The number of carbonyl (C=O) groups excluding carboxylic acids is 2. The SMILES string of the molecule is CN1CCN(C(=O)C(=O)N2CCN(CCN)CC2)CC1. The van der Waals surface area contributed by atoms with Crippen LogP contribution >= 0.6 is 0 Å². The van der Waals surface area contributed by atoms with Crippen molar-refractivity contribution in [2.75, 3.05) is 72.5 Å². The topological polar surface area (TPSA) is 73.1 Å². The van der Waals surface area contributed by atoms with Crippen LogP contribution in [0.5, 0.6) is 0 Å². The predicted molar refractivity (Wildman–Crippen MR) is 76.2 cm³/mol. The lowest BCUT2D eigenvalue weighted by Crippen LogP contribution is -2.56. The molecule has 2 saturated heterocycles. The summed E-state index contributed by atoms with van der Waals surface area (Å²) in [5.41, 5.74) is 5.52. The molecular formula is C13H25N5O2. The fraction of sp³-hybridized carbons (Fsp3) is 0.846. The molecule has 0 saturated carbocycles. The summed E-state index contributed by atoms with van der Waals surface area (Å²) in [4.78, 5) is 32.2. The molecule has 0 spiro atoms. The molecule has 7 heteroatoms. The van der Waals surface area contributed by atoms with E-state index in [0.29, 0.717) is 32.7 Å². The number of nitrogens with two attached hydrogens (primary N) is 1. The monoisotopic (exact) mass is 283 g/mol. The lowest BCUT2D eigenvalue weighted by atomic mass is 10.2. The quantitative estimate of drug-likeness (QED) is 0.586. The Labute approximate surface area is 120 Å². The number of rotatable bonds is 2. The van der Waals surface area contributed by atoms with Crippen LogP contribution in [0.1, 0.15) is 0 Å². The Hall–Kier alpha value is -1.18. The van der Waals surface area contributed by atoms with Gasteiger partial charge in [0.1, 0.15) is 0 Å². The average molecular weight is 283 g/mol. The first-order valence-electron chi connectivity index (χ1n) is 7.31. The number of amides is 2. The molecule has 7 nitrogen and oxygen atoms in total. The molecule has 0 radical (unpaired) electrons. The summed E-state index contributed by atoms with van der Waals surface area (Å²) in [5, 5.41) is 0. The van der Waals surface area contributed by atoms with E-state index in [2.05, 4.69) is 9.80 Å². The molecule has 0 aromatic heterocycles. The molecule has 2 N–H and O–H groups in total. The van der Waals surface area contributed by atoms with Crippen molar-refractivity contribution in [3.8, 4) is 0 Å². The Kier molecular flexibility index (Phi) is 5.33. The first kappa shape index (κ1) is 15.2. The Balaban J connectivity index is 1.81. The summed E-state index contributed by atoms with van der Waals surface area (Å²) in [6.07, 6.45) is 0. The first-order valence-corrected chi connectivity index (χ1v) is 7.31. The van der Waals surface area contributed by atoms with Gasteiger partial charge in [-0.05, 0) is 7.05 Å². The van der Waals surface area contributed by atoms with Crippen LogP contribution in [0.4, 0.5) is 0 Å². The second-order valence-electron chi connectivity index (χ2n) is 5.52. The molecule has 0 bridgehead atoms. The highest BCUT2D eigenvalue weighted by Gasteiger charge is 2.30. The molecule has 0 aliphatic carbocycles. The fourth-order valence-corrected chi connectivity index (χ4v) is 2.64. The van der Waals surface area contributed by atoms with Gasteiger partial charge in [-0.2, -0.15) is 0 Å². The van der Waals surface area contributed by atoms with Gasteiger partial charge in [-0.1, -0.05) is 0 Å². The van der Waals surface area contributed by atoms with Gasteiger partial charge < -0.3 is 20.4 Å². The standard InChI is InChI=1S/C13H25N5O2/c1-15-4-8-17(9-5-15)12(19)13(20)18-10-6-16(3-2-14)7-11-18/h2-11,14H2,1H3. The van der Waals surface area contributed by atoms with E-state index in [1.165, 1.54) is 0 Å². The number of carbonyl (C=O) groups is 2. The summed E-state index contributed by atoms with van der Waals surface area (Å²) in [6.45, 7) is 7.31. The van der Waals surface area contributed by atoms with Gasteiger partial charge in [-0.3, -0.25) is 14.5 Å². The molecular weight excluding hydrogens is 258 g/mol. The van der Waals surface area contributed by atoms with Gasteiger partial charge >= 0.3 is 11.8 Å². The van der Waals surface area contributed by atoms with E-state index in [0.717, 1.165) is 32.7 Å². The fourth-order valence-electron chi connectivity index (χ4n) is 2.64. The van der Waals surface area contributed by atoms with Crippen molar-refractivity contribution in [1.82, 2.24) is 19.6 Å². The summed E-state index contributed by atoms with van der Waals surface area (Å²) in [6, 6.07) is 0. The van der Waals surface area contributed by atoms with Gasteiger partial charge in [0, 0.05) is 65.4 Å². The van der Waals surface area contributed by atoms with Crippen LogP contribution in [-0.2, 0) is 9.59 Å². The van der Waals surface area contributed by atoms with Gasteiger partial charge in [-0.25, -0.2) is 0 Å². The molecule has 0 unspecified atom stereocenters. The second-order valence-corrected chi connectivity index (χ2v) is 5.52. The Bertz CT molecular complexity index is 347. The largest absolute Gasteiger partial charge is 0.332 e. The van der Waals surface area contributed by atoms with Gasteiger partial charge in [0.05, 0.1) is 0 Å². The molecule has 20 heavy (non-hydrogen) atoms. The number of piperazine rings is 2. The zero-order valence-electron chi connectivity index (χ0n) is 12.3. The summed E-state index contributed by atoms with van der Waals surface area (Å²) < 4.78 is 0. The smallest absolute Gasteiger partial charge is 0.312 e. The normalized spacial score (nSPS) is 22.1. The Morgan fingerprint density at radius 2 is 1.30 bits per heavy atom. The average Bonchev–Trinajstić information content (AvgIpc) is 2.48. The van der Waals surface area contributed by atoms with Crippen molar-refractivity contribution in [1.29, 1.82) is 0 Å². The van der Waals surface area contributed by atoms with E-state index in [4.69, 9.17) is 5.73 Å². The molecule has 2 aliphatic heterocycles. The molecule has 2 amide bonds. The maximum Gasteiger partial charge on any atom is 0.312 e. The van der Waals surface area contributed by atoms with E-state index in [1.54, 1.807) is 9.80 Å². The number of nitrogens with zero attached hydrogens (tertiary/aromatic N) is 4. The maximum atomic E-state index is 12.2. The minimum atomic E-state index is -0.345. The van der Waals surface area contributed by atoms with Crippen LogP contribution in [0, 0.1) is 0 Å². The molecule has 114 valence electrons. The molecule has 2 heterocycles. The van der Waals surface area contributed by atoms with Gasteiger partial charge in [0.25, 0.3) is 0 Å². The van der Waals surface area contributed by atoms with Crippen LogP contribution in [0.2, 0.25) is 0 Å². The van der Waals surface area contributed by atoms with E-state index < -0.39 is 0 Å². The first-order chi connectivity index (χ1) is 9.61. The molecule has 2 rings (SSSR count). The van der Waals surface area contributed by atoms with Crippen molar-refractivity contribution in [3.05, 3.63) is 0 Å². The van der Waals surface area contributed by atoms with Crippen molar-refractivity contribution in [3.63, 3.8) is 0 Å².